The fraction of sp³-hybridized carbons (Fsp3) is 0.333. The number of rotatable bonds is 3. The van der Waals surface area contributed by atoms with Gasteiger partial charge in [-0.3, -0.25) is 0 Å². The normalized spacial score (nSPS) is 12.1. The van der Waals surface area contributed by atoms with E-state index in [1.54, 1.807) is 0 Å². The van der Waals surface area contributed by atoms with E-state index in [2.05, 4.69) is 108 Å². The van der Waals surface area contributed by atoms with Crippen molar-refractivity contribution in [3.8, 4) is 0 Å². The highest BCUT2D eigenvalue weighted by atomic mass is 35.5. The van der Waals surface area contributed by atoms with Crippen molar-refractivity contribution in [1.29, 1.82) is 0 Å². The Morgan fingerprint density at radius 1 is 0.586 bits per heavy atom. The molecule has 0 N–H and O–H groups in total. The van der Waals surface area contributed by atoms with Crippen LogP contribution < -0.4 is 4.90 Å². The van der Waals surface area contributed by atoms with Crippen LogP contribution in [0.3, 0.4) is 0 Å². The van der Waals surface area contributed by atoms with Gasteiger partial charge in [-0.05, 0) is 76.9 Å². The SMILES string of the molecule is Cc1cc(Cl)cc(N(c2ccc(C(C)(C)C)cc2)c2ccc(C(C)(C)C)cc2)c1. The van der Waals surface area contributed by atoms with Crippen molar-refractivity contribution < 1.29 is 0 Å². The van der Waals surface area contributed by atoms with Crippen molar-refractivity contribution >= 4 is 28.7 Å². The van der Waals surface area contributed by atoms with E-state index in [9.17, 15) is 0 Å². The van der Waals surface area contributed by atoms with Gasteiger partial charge >= 0.3 is 0 Å². The van der Waals surface area contributed by atoms with Gasteiger partial charge in [-0.25, -0.2) is 0 Å². The van der Waals surface area contributed by atoms with Crippen LogP contribution in [0.2, 0.25) is 5.02 Å². The van der Waals surface area contributed by atoms with Gasteiger partial charge in [0.1, 0.15) is 0 Å². The Kier molecular flexibility index (Phi) is 5.83. The number of aryl methyl sites for hydroxylation is 1. The molecule has 3 aromatic rings. The van der Waals surface area contributed by atoms with Gasteiger partial charge in [0.05, 0.1) is 0 Å². The van der Waals surface area contributed by atoms with Crippen molar-refractivity contribution in [2.45, 2.75) is 59.3 Å². The predicted molar refractivity (Wildman–Crippen MR) is 128 cm³/mol. The van der Waals surface area contributed by atoms with Crippen molar-refractivity contribution in [3.05, 3.63) is 88.4 Å². The molecule has 0 amide bonds. The average molecular weight is 406 g/mol. The van der Waals surface area contributed by atoms with Gasteiger partial charge in [0, 0.05) is 22.1 Å². The second-order valence-corrected chi connectivity index (χ2v) is 10.4. The van der Waals surface area contributed by atoms with Crippen molar-refractivity contribution in [3.63, 3.8) is 0 Å². The molecule has 0 unspecified atom stereocenters. The van der Waals surface area contributed by atoms with Gasteiger partial charge in [0.2, 0.25) is 0 Å². The molecule has 0 atom stereocenters. The molecular formula is C27H32ClN. The van der Waals surface area contributed by atoms with Crippen molar-refractivity contribution in [1.82, 2.24) is 0 Å². The monoisotopic (exact) mass is 405 g/mol. The smallest absolute Gasteiger partial charge is 0.0479 e. The Balaban J connectivity index is 2.12. The Labute approximate surface area is 181 Å². The van der Waals surface area contributed by atoms with Crippen LogP contribution in [0.4, 0.5) is 17.1 Å². The first-order valence-electron chi connectivity index (χ1n) is 10.2. The lowest BCUT2D eigenvalue weighted by molar-refractivity contribution is 0.590. The minimum absolute atomic E-state index is 0.129. The number of nitrogens with zero attached hydrogens (tertiary/aromatic N) is 1. The van der Waals surface area contributed by atoms with Gasteiger partial charge in [0.25, 0.3) is 0 Å². The van der Waals surface area contributed by atoms with Gasteiger partial charge in [0.15, 0.2) is 0 Å². The fourth-order valence-corrected chi connectivity index (χ4v) is 3.80. The van der Waals surface area contributed by atoms with Crippen LogP contribution in [0.5, 0.6) is 0 Å². The highest BCUT2D eigenvalue weighted by Gasteiger charge is 2.18. The maximum Gasteiger partial charge on any atom is 0.0479 e. The summed E-state index contributed by atoms with van der Waals surface area (Å²) < 4.78 is 0. The molecule has 0 aliphatic heterocycles. The first kappa shape index (κ1) is 21.5. The Morgan fingerprint density at radius 3 is 1.34 bits per heavy atom. The summed E-state index contributed by atoms with van der Waals surface area (Å²) in [5, 5.41) is 0.752. The standard InChI is InChI=1S/C27H32ClN/c1-19-16-22(28)18-25(17-19)29(23-12-8-20(9-13-23)26(2,3)4)24-14-10-21(11-15-24)27(5,6)7/h8-18H,1-7H3. The van der Waals surface area contributed by atoms with Gasteiger partial charge in [-0.2, -0.15) is 0 Å². The zero-order chi connectivity index (χ0) is 21.4. The molecule has 3 aromatic carbocycles. The quantitative estimate of drug-likeness (QED) is 0.421. The van der Waals surface area contributed by atoms with E-state index in [1.165, 1.54) is 11.1 Å². The van der Waals surface area contributed by atoms with E-state index in [4.69, 9.17) is 11.6 Å². The molecule has 2 heteroatoms. The van der Waals surface area contributed by atoms with E-state index in [1.807, 2.05) is 12.1 Å². The largest absolute Gasteiger partial charge is 0.310 e. The molecule has 0 heterocycles. The lowest BCUT2D eigenvalue weighted by atomic mass is 9.86. The van der Waals surface area contributed by atoms with Crippen LogP contribution >= 0.6 is 11.6 Å². The lowest BCUT2D eigenvalue weighted by Crippen LogP contribution is -2.14. The summed E-state index contributed by atoms with van der Waals surface area (Å²) in [6.07, 6.45) is 0. The lowest BCUT2D eigenvalue weighted by Gasteiger charge is -2.28. The third-order valence-electron chi connectivity index (χ3n) is 5.27. The fourth-order valence-electron chi connectivity index (χ4n) is 3.51. The second kappa shape index (κ2) is 7.88. The Morgan fingerprint density at radius 2 is 1.00 bits per heavy atom. The predicted octanol–water partition coefficient (Wildman–Crippen LogP) is 8.71. The highest BCUT2D eigenvalue weighted by molar-refractivity contribution is 6.31. The zero-order valence-electron chi connectivity index (χ0n) is 18.7. The van der Waals surface area contributed by atoms with Crippen LogP contribution in [0.1, 0.15) is 58.2 Å². The molecule has 0 aliphatic rings. The minimum Gasteiger partial charge on any atom is -0.310 e. The molecule has 0 aliphatic carbocycles. The average Bonchev–Trinajstić information content (AvgIpc) is 2.60. The number of benzene rings is 3. The van der Waals surface area contributed by atoms with Gasteiger partial charge < -0.3 is 4.90 Å². The first-order valence-corrected chi connectivity index (χ1v) is 10.6. The van der Waals surface area contributed by atoms with E-state index >= 15 is 0 Å². The molecule has 152 valence electrons. The zero-order valence-corrected chi connectivity index (χ0v) is 19.4. The summed E-state index contributed by atoms with van der Waals surface area (Å²) in [5.41, 5.74) is 7.39. The molecule has 0 fully saturated rings. The van der Waals surface area contributed by atoms with E-state index in [0.717, 1.165) is 27.6 Å². The van der Waals surface area contributed by atoms with E-state index in [0.29, 0.717) is 0 Å². The summed E-state index contributed by atoms with van der Waals surface area (Å²) >= 11 is 6.41. The molecule has 0 aromatic heterocycles. The summed E-state index contributed by atoms with van der Waals surface area (Å²) in [6.45, 7) is 15.5. The molecule has 0 spiro atoms. The number of halogens is 1. The number of hydrogen-bond donors (Lipinski definition) is 0. The summed E-state index contributed by atoms with van der Waals surface area (Å²) in [7, 11) is 0. The summed E-state index contributed by atoms with van der Waals surface area (Å²) in [5.74, 6) is 0. The molecule has 1 nitrogen and oxygen atoms in total. The highest BCUT2D eigenvalue weighted by Crippen LogP contribution is 2.38. The van der Waals surface area contributed by atoms with Crippen LogP contribution in [0.15, 0.2) is 66.7 Å². The topological polar surface area (TPSA) is 3.24 Å². The van der Waals surface area contributed by atoms with Gasteiger partial charge in [-0.15, -0.1) is 0 Å². The molecule has 0 radical (unpaired) electrons. The molecule has 0 bridgehead atoms. The minimum atomic E-state index is 0.129. The summed E-state index contributed by atoms with van der Waals surface area (Å²) in [6, 6.07) is 23.9. The van der Waals surface area contributed by atoms with Crippen molar-refractivity contribution in [2.24, 2.45) is 0 Å². The van der Waals surface area contributed by atoms with Gasteiger partial charge in [-0.1, -0.05) is 77.4 Å². The molecule has 0 saturated heterocycles. The molecule has 0 saturated carbocycles. The van der Waals surface area contributed by atoms with E-state index in [-0.39, 0.29) is 10.8 Å². The van der Waals surface area contributed by atoms with Crippen LogP contribution in [-0.4, -0.2) is 0 Å². The third-order valence-corrected chi connectivity index (χ3v) is 5.49. The number of anilines is 3. The first-order chi connectivity index (χ1) is 13.4. The van der Waals surface area contributed by atoms with Crippen LogP contribution in [0.25, 0.3) is 0 Å². The second-order valence-electron chi connectivity index (χ2n) is 9.92. The number of hydrogen-bond acceptors (Lipinski definition) is 1. The molecular weight excluding hydrogens is 374 g/mol. The Hall–Kier alpha value is -2.25. The Bertz CT molecular complexity index is 893. The summed E-state index contributed by atoms with van der Waals surface area (Å²) in [4.78, 5) is 2.28. The van der Waals surface area contributed by atoms with E-state index < -0.39 is 0 Å². The molecule has 29 heavy (non-hydrogen) atoms. The van der Waals surface area contributed by atoms with Crippen LogP contribution in [-0.2, 0) is 10.8 Å². The maximum absolute atomic E-state index is 6.41. The third kappa shape index (κ3) is 5.03. The maximum atomic E-state index is 6.41. The van der Waals surface area contributed by atoms with Crippen molar-refractivity contribution in [2.75, 3.05) is 4.90 Å². The van der Waals surface area contributed by atoms with Crippen LogP contribution in [0, 0.1) is 6.92 Å². The molecule has 3 rings (SSSR count).